The van der Waals surface area contributed by atoms with E-state index in [2.05, 4.69) is 42.2 Å². The number of hydrogen-bond donors (Lipinski definition) is 1. The number of nitrogens with two attached hydrogens (primary N) is 1. The van der Waals surface area contributed by atoms with Gasteiger partial charge in [-0.1, -0.05) is 55.0 Å². The van der Waals surface area contributed by atoms with Crippen LogP contribution in [-0.4, -0.2) is 91.7 Å². The zero-order valence-electron chi connectivity index (χ0n) is 29.4. The molecule has 0 aromatic heterocycles. The molecule has 2 N–H and O–H groups in total. The van der Waals surface area contributed by atoms with Gasteiger partial charge in [-0.3, -0.25) is 0 Å². The molecule has 11 heteroatoms. The molecule has 4 atom stereocenters. The number of fused-ring (bicyclic) bond motifs is 1. The minimum absolute atomic E-state index is 0.0544. The average molecular weight is 696 g/mol. The number of piperidine rings is 1. The highest BCUT2D eigenvalue weighted by molar-refractivity contribution is 7.89. The Labute approximate surface area is 292 Å². The molecule has 3 aromatic rings. The Balaban J connectivity index is 1.37. The molecular formula is C38H53N3O7S. The van der Waals surface area contributed by atoms with Gasteiger partial charge in [0.25, 0.3) is 0 Å². The number of hydrogen-bond acceptors (Lipinski definition) is 9. The highest BCUT2D eigenvalue weighted by Crippen LogP contribution is 2.38. The Bertz CT molecular complexity index is 1570. The lowest BCUT2D eigenvalue weighted by Gasteiger charge is -2.43. The number of anilines is 1. The predicted octanol–water partition coefficient (Wildman–Crippen LogP) is 5.12. The first-order valence-electron chi connectivity index (χ1n) is 17.3. The van der Waals surface area contributed by atoms with Gasteiger partial charge < -0.3 is 34.3 Å². The van der Waals surface area contributed by atoms with Crippen LogP contribution in [0.5, 0.6) is 5.75 Å². The molecule has 49 heavy (non-hydrogen) atoms. The van der Waals surface area contributed by atoms with Crippen LogP contribution in [-0.2, 0) is 42.2 Å². The third kappa shape index (κ3) is 9.61. The van der Waals surface area contributed by atoms with Gasteiger partial charge in [0.2, 0.25) is 10.0 Å². The van der Waals surface area contributed by atoms with Crippen molar-refractivity contribution < 1.29 is 32.1 Å². The Morgan fingerprint density at radius 3 is 2.43 bits per heavy atom. The molecule has 0 unspecified atom stereocenters. The number of benzene rings is 3. The first-order chi connectivity index (χ1) is 23.7. The largest absolute Gasteiger partial charge is 0.490 e. The summed E-state index contributed by atoms with van der Waals surface area (Å²) in [5, 5.41) is 0. The second-order valence-corrected chi connectivity index (χ2v) is 15.2. The van der Waals surface area contributed by atoms with Gasteiger partial charge in [-0.2, -0.15) is 4.31 Å². The van der Waals surface area contributed by atoms with E-state index in [4.69, 9.17) is 29.4 Å². The molecule has 0 radical (unpaired) electrons. The number of ether oxygens (including phenoxy) is 5. The molecule has 0 bridgehead atoms. The van der Waals surface area contributed by atoms with Gasteiger partial charge in [0.15, 0.2) is 0 Å². The Hall–Kier alpha value is -3.03. The van der Waals surface area contributed by atoms with Crippen molar-refractivity contribution in [2.24, 2.45) is 11.7 Å². The molecule has 0 spiro atoms. The molecular weight excluding hydrogens is 642 g/mol. The fourth-order valence-corrected chi connectivity index (χ4v) is 8.36. The molecule has 0 saturated carbocycles. The number of sulfonamides is 1. The first kappa shape index (κ1) is 37.2. The molecule has 5 rings (SSSR count). The van der Waals surface area contributed by atoms with Crippen LogP contribution < -0.4 is 15.4 Å². The normalized spacial score (nSPS) is 20.5. The maximum atomic E-state index is 14.0. The standard InChI is InChI=1S/C38H53N3O7S/c1-28-6-13-34(14-7-28)49(42,43)41-23-38(48-27-31-10-15-37-36(20-31)40(17-19-47-37)16-5-18-44-3)35(21-33(41)22-39)32-11-8-30(9-12-32)26-46-25-29(2)24-45-4/h6-15,20,29,33,35,38H,5,16-19,21-27,39H2,1-4H3/t29-,33+,35+,38-/m0/s1. The molecule has 1 saturated heterocycles. The van der Waals surface area contributed by atoms with Crippen LogP contribution in [0.4, 0.5) is 5.69 Å². The zero-order chi connectivity index (χ0) is 34.8. The van der Waals surface area contributed by atoms with Crippen LogP contribution in [0.25, 0.3) is 0 Å². The summed E-state index contributed by atoms with van der Waals surface area (Å²) in [4.78, 5) is 2.59. The van der Waals surface area contributed by atoms with E-state index < -0.39 is 16.1 Å². The van der Waals surface area contributed by atoms with Crippen LogP contribution >= 0.6 is 0 Å². The summed E-state index contributed by atoms with van der Waals surface area (Å²) in [5.41, 5.74) is 11.5. The SMILES string of the molecule is COCCCN1CCOc2ccc(CO[C@H]3CN(S(=O)(=O)c4ccc(C)cc4)[C@@H](CN)C[C@@H]3c3ccc(COC[C@@H](C)COC)cc3)cc21. The Kier molecular flexibility index (Phi) is 13.5. The van der Waals surface area contributed by atoms with E-state index in [1.54, 1.807) is 30.7 Å². The van der Waals surface area contributed by atoms with Gasteiger partial charge in [-0.15, -0.1) is 0 Å². The summed E-state index contributed by atoms with van der Waals surface area (Å²) in [6.07, 6.45) is 1.07. The summed E-state index contributed by atoms with van der Waals surface area (Å²) in [6, 6.07) is 21.2. The molecule has 3 aromatic carbocycles. The van der Waals surface area contributed by atoms with E-state index in [1.165, 1.54) is 0 Å². The Morgan fingerprint density at radius 2 is 1.71 bits per heavy atom. The van der Waals surface area contributed by atoms with Crippen molar-refractivity contribution in [3.8, 4) is 5.75 Å². The van der Waals surface area contributed by atoms with Gasteiger partial charge >= 0.3 is 0 Å². The molecule has 1 fully saturated rings. The quantitative estimate of drug-likeness (QED) is 0.192. The second kappa shape index (κ2) is 17.8. The van der Waals surface area contributed by atoms with Gasteiger partial charge in [-0.25, -0.2) is 8.42 Å². The maximum Gasteiger partial charge on any atom is 0.243 e. The average Bonchev–Trinajstić information content (AvgIpc) is 3.11. The van der Waals surface area contributed by atoms with Crippen molar-refractivity contribution in [3.63, 3.8) is 0 Å². The molecule has 2 aliphatic heterocycles. The fraction of sp³-hybridized carbons (Fsp3) is 0.526. The second-order valence-electron chi connectivity index (χ2n) is 13.3. The van der Waals surface area contributed by atoms with E-state index in [0.29, 0.717) is 52.0 Å². The van der Waals surface area contributed by atoms with Crippen molar-refractivity contribution >= 4 is 15.7 Å². The Morgan fingerprint density at radius 1 is 0.959 bits per heavy atom. The van der Waals surface area contributed by atoms with Crippen LogP contribution in [0, 0.1) is 12.8 Å². The maximum absolute atomic E-state index is 14.0. The molecule has 2 heterocycles. The summed E-state index contributed by atoms with van der Waals surface area (Å²) < 4.78 is 58.7. The van der Waals surface area contributed by atoms with Gasteiger partial charge in [0.1, 0.15) is 12.4 Å². The monoisotopic (exact) mass is 695 g/mol. The summed E-state index contributed by atoms with van der Waals surface area (Å²) >= 11 is 0. The summed E-state index contributed by atoms with van der Waals surface area (Å²) in [6.45, 7) is 9.61. The lowest BCUT2D eigenvalue weighted by atomic mass is 9.84. The first-order valence-corrected chi connectivity index (χ1v) is 18.7. The lowest BCUT2D eigenvalue weighted by molar-refractivity contribution is -0.0187. The number of aryl methyl sites for hydroxylation is 1. The van der Waals surface area contributed by atoms with E-state index in [1.807, 2.05) is 31.2 Å². The minimum Gasteiger partial charge on any atom is -0.490 e. The van der Waals surface area contributed by atoms with Gasteiger partial charge in [-0.05, 0) is 60.7 Å². The van der Waals surface area contributed by atoms with E-state index >= 15 is 0 Å². The molecule has 0 amide bonds. The highest BCUT2D eigenvalue weighted by atomic mass is 32.2. The van der Waals surface area contributed by atoms with E-state index in [0.717, 1.165) is 53.2 Å². The van der Waals surface area contributed by atoms with Crippen LogP contribution in [0.1, 0.15) is 47.9 Å². The highest BCUT2D eigenvalue weighted by Gasteiger charge is 2.42. The zero-order valence-corrected chi connectivity index (χ0v) is 30.2. The molecule has 0 aliphatic carbocycles. The van der Waals surface area contributed by atoms with Crippen molar-refractivity contribution in [1.82, 2.24) is 4.31 Å². The van der Waals surface area contributed by atoms with Crippen LogP contribution in [0.15, 0.2) is 71.6 Å². The van der Waals surface area contributed by atoms with Gasteiger partial charge in [0.05, 0.1) is 49.7 Å². The third-order valence-corrected chi connectivity index (χ3v) is 11.3. The van der Waals surface area contributed by atoms with Crippen molar-refractivity contribution in [1.29, 1.82) is 0 Å². The van der Waals surface area contributed by atoms with Crippen molar-refractivity contribution in [2.45, 2.75) is 62.9 Å². The summed E-state index contributed by atoms with van der Waals surface area (Å²) in [5.74, 6) is 1.13. The van der Waals surface area contributed by atoms with E-state index in [9.17, 15) is 8.42 Å². The van der Waals surface area contributed by atoms with Crippen LogP contribution in [0.3, 0.4) is 0 Å². The number of methoxy groups -OCH3 is 2. The third-order valence-electron chi connectivity index (χ3n) is 9.40. The fourth-order valence-electron chi connectivity index (χ4n) is 6.70. The smallest absolute Gasteiger partial charge is 0.243 e. The predicted molar refractivity (Wildman–Crippen MR) is 192 cm³/mol. The van der Waals surface area contributed by atoms with Crippen molar-refractivity contribution in [3.05, 3.63) is 89.0 Å². The lowest BCUT2D eigenvalue weighted by Crippen LogP contribution is -2.54. The topological polar surface area (TPSA) is 113 Å². The summed E-state index contributed by atoms with van der Waals surface area (Å²) in [7, 11) is -0.385. The number of rotatable bonds is 17. The van der Waals surface area contributed by atoms with Crippen molar-refractivity contribution in [2.75, 3.05) is 71.7 Å². The van der Waals surface area contributed by atoms with Crippen LogP contribution in [0.2, 0.25) is 0 Å². The number of nitrogens with zero attached hydrogens (tertiary/aromatic N) is 2. The molecule has 268 valence electrons. The minimum atomic E-state index is -3.81. The van der Waals surface area contributed by atoms with E-state index in [-0.39, 0.29) is 29.9 Å². The molecule has 2 aliphatic rings. The molecule has 10 nitrogen and oxygen atoms in total. The van der Waals surface area contributed by atoms with Gasteiger partial charge in [0, 0.05) is 58.3 Å².